The van der Waals surface area contributed by atoms with Gasteiger partial charge in [-0.2, -0.15) is 0 Å². The summed E-state index contributed by atoms with van der Waals surface area (Å²) in [6.45, 7) is 0.341. The summed E-state index contributed by atoms with van der Waals surface area (Å²) in [6.07, 6.45) is 1.29. The molecule has 0 atom stereocenters. The first-order chi connectivity index (χ1) is 10.7. The van der Waals surface area contributed by atoms with Crippen molar-refractivity contribution in [2.24, 2.45) is 5.16 Å². The summed E-state index contributed by atoms with van der Waals surface area (Å²) >= 11 is 0. The molecule has 0 unspecified atom stereocenters. The minimum absolute atomic E-state index is 0.0532. The molecule has 0 aliphatic carbocycles. The van der Waals surface area contributed by atoms with Gasteiger partial charge in [0.15, 0.2) is 11.5 Å². The Bertz CT molecular complexity index is 715. The van der Waals surface area contributed by atoms with Gasteiger partial charge in [-0.05, 0) is 11.6 Å². The molecule has 7 nitrogen and oxygen atoms in total. The first kappa shape index (κ1) is 13.9. The number of rotatable bonds is 5. The van der Waals surface area contributed by atoms with Gasteiger partial charge in [0.05, 0.1) is 22.8 Å². The summed E-state index contributed by atoms with van der Waals surface area (Å²) in [5.41, 5.74) is 1.14. The Morgan fingerprint density at radius 3 is 2.68 bits per heavy atom. The molecule has 0 spiro atoms. The van der Waals surface area contributed by atoms with Crippen molar-refractivity contribution in [3.05, 3.63) is 63.7 Å². The topological polar surface area (TPSA) is 83.2 Å². The number of hydrogen-bond donors (Lipinski definition) is 0. The van der Waals surface area contributed by atoms with Crippen molar-refractivity contribution < 1.29 is 19.2 Å². The maximum atomic E-state index is 11.1. The van der Waals surface area contributed by atoms with Crippen LogP contribution in [0.4, 0.5) is 5.69 Å². The summed E-state index contributed by atoms with van der Waals surface area (Å²) in [4.78, 5) is 15.7. The smallest absolute Gasteiger partial charge is 0.282 e. The zero-order valence-corrected chi connectivity index (χ0v) is 11.5. The van der Waals surface area contributed by atoms with E-state index in [2.05, 4.69) is 5.16 Å². The number of nitrogens with zero attached hydrogens (tertiary/aromatic N) is 2. The molecule has 0 fully saturated rings. The maximum absolute atomic E-state index is 11.1. The van der Waals surface area contributed by atoms with Crippen LogP contribution in [0.25, 0.3) is 0 Å². The molecule has 1 aliphatic heterocycles. The molecular formula is C15H12N2O5. The van der Waals surface area contributed by atoms with E-state index in [-0.39, 0.29) is 19.1 Å². The molecule has 1 heterocycles. The van der Waals surface area contributed by atoms with Gasteiger partial charge in [0, 0.05) is 0 Å². The molecule has 0 saturated heterocycles. The number of ether oxygens (including phenoxy) is 2. The second-order valence-electron chi connectivity index (χ2n) is 4.51. The molecule has 0 saturated carbocycles. The highest BCUT2D eigenvalue weighted by Crippen LogP contribution is 2.37. The molecule has 7 heteroatoms. The van der Waals surface area contributed by atoms with Gasteiger partial charge in [-0.25, -0.2) is 0 Å². The normalized spacial score (nSPS) is 12.5. The van der Waals surface area contributed by atoms with Crippen LogP contribution in [0.15, 0.2) is 47.6 Å². The summed E-state index contributed by atoms with van der Waals surface area (Å²) < 4.78 is 10.3. The van der Waals surface area contributed by atoms with Crippen LogP contribution >= 0.6 is 0 Å². The van der Waals surface area contributed by atoms with Gasteiger partial charge in [-0.15, -0.1) is 0 Å². The van der Waals surface area contributed by atoms with Crippen LogP contribution in [-0.4, -0.2) is 17.9 Å². The van der Waals surface area contributed by atoms with Crippen LogP contribution in [0, 0.1) is 10.1 Å². The predicted molar refractivity (Wildman–Crippen MR) is 78.0 cm³/mol. The van der Waals surface area contributed by atoms with Gasteiger partial charge in [-0.1, -0.05) is 35.5 Å². The van der Waals surface area contributed by atoms with E-state index in [0.717, 1.165) is 5.56 Å². The fraction of sp³-hybridized carbons (Fsp3) is 0.133. The Balaban J connectivity index is 1.74. The highest BCUT2D eigenvalue weighted by atomic mass is 16.7. The van der Waals surface area contributed by atoms with Crippen LogP contribution in [0.1, 0.15) is 11.1 Å². The molecule has 0 aromatic heterocycles. The van der Waals surface area contributed by atoms with E-state index in [1.807, 2.05) is 30.3 Å². The number of oxime groups is 1. The number of fused-ring (bicyclic) bond motifs is 1. The highest BCUT2D eigenvalue weighted by molar-refractivity contribution is 5.86. The van der Waals surface area contributed by atoms with E-state index in [1.54, 1.807) is 0 Å². The molecule has 2 aromatic carbocycles. The lowest BCUT2D eigenvalue weighted by atomic mass is 10.1. The highest BCUT2D eigenvalue weighted by Gasteiger charge is 2.22. The third-order valence-corrected chi connectivity index (χ3v) is 3.06. The molecule has 0 bridgehead atoms. The Morgan fingerprint density at radius 2 is 1.95 bits per heavy atom. The van der Waals surface area contributed by atoms with Gasteiger partial charge < -0.3 is 14.3 Å². The molecule has 3 rings (SSSR count). The SMILES string of the molecule is O=[N+]([O-])c1cc2c(cc1/C=N/OCc1ccccc1)OCO2. The fourth-order valence-electron chi connectivity index (χ4n) is 1.99. The molecular weight excluding hydrogens is 288 g/mol. The van der Waals surface area contributed by atoms with Crippen molar-refractivity contribution in [1.82, 2.24) is 0 Å². The second-order valence-corrected chi connectivity index (χ2v) is 4.51. The van der Waals surface area contributed by atoms with Gasteiger partial charge in [0.2, 0.25) is 6.79 Å². The number of hydrogen-bond acceptors (Lipinski definition) is 6. The standard InChI is InChI=1S/C15H12N2O5/c18-17(19)13-7-15-14(20-10-21-15)6-12(13)8-16-22-9-11-4-2-1-3-5-11/h1-8H,9-10H2/b16-8+. The fourth-order valence-corrected chi connectivity index (χ4v) is 1.99. The quantitative estimate of drug-likeness (QED) is 0.481. The zero-order chi connectivity index (χ0) is 15.4. The van der Waals surface area contributed by atoms with E-state index < -0.39 is 4.92 Å². The average molecular weight is 300 g/mol. The molecule has 2 aromatic rings. The van der Waals surface area contributed by atoms with E-state index >= 15 is 0 Å². The average Bonchev–Trinajstić information content (AvgIpc) is 2.99. The molecule has 0 radical (unpaired) electrons. The van der Waals surface area contributed by atoms with Gasteiger partial charge >= 0.3 is 0 Å². The van der Waals surface area contributed by atoms with E-state index in [9.17, 15) is 10.1 Å². The Morgan fingerprint density at radius 1 is 1.23 bits per heavy atom. The van der Waals surface area contributed by atoms with Crippen LogP contribution in [0.2, 0.25) is 0 Å². The molecule has 0 N–H and O–H groups in total. The number of nitro benzene ring substituents is 1. The van der Waals surface area contributed by atoms with Crippen LogP contribution < -0.4 is 9.47 Å². The lowest BCUT2D eigenvalue weighted by Gasteiger charge is -2.01. The van der Waals surface area contributed by atoms with E-state index in [0.29, 0.717) is 17.1 Å². The summed E-state index contributed by atoms with van der Waals surface area (Å²) in [5.74, 6) is 0.809. The van der Waals surface area contributed by atoms with Crippen LogP contribution in [0.5, 0.6) is 11.5 Å². The largest absolute Gasteiger partial charge is 0.454 e. The predicted octanol–water partition coefficient (Wildman–Crippen LogP) is 2.87. The molecule has 0 amide bonds. The van der Waals surface area contributed by atoms with Crippen molar-refractivity contribution in [1.29, 1.82) is 0 Å². The summed E-state index contributed by atoms with van der Waals surface area (Å²) in [6, 6.07) is 12.3. The molecule has 1 aliphatic rings. The lowest BCUT2D eigenvalue weighted by Crippen LogP contribution is -1.95. The van der Waals surface area contributed by atoms with Crippen molar-refractivity contribution >= 4 is 11.9 Å². The second kappa shape index (κ2) is 6.13. The van der Waals surface area contributed by atoms with Crippen molar-refractivity contribution in [3.63, 3.8) is 0 Å². The van der Waals surface area contributed by atoms with Crippen molar-refractivity contribution in [2.75, 3.05) is 6.79 Å². The molecule has 112 valence electrons. The van der Waals surface area contributed by atoms with E-state index in [4.69, 9.17) is 14.3 Å². The Kier molecular flexibility index (Phi) is 3.86. The van der Waals surface area contributed by atoms with E-state index in [1.165, 1.54) is 18.3 Å². The minimum Gasteiger partial charge on any atom is -0.454 e. The summed E-state index contributed by atoms with van der Waals surface area (Å²) in [7, 11) is 0. The Hall–Kier alpha value is -3.09. The van der Waals surface area contributed by atoms with Crippen molar-refractivity contribution in [3.8, 4) is 11.5 Å². The van der Waals surface area contributed by atoms with Crippen LogP contribution in [-0.2, 0) is 11.4 Å². The maximum Gasteiger partial charge on any atom is 0.282 e. The van der Waals surface area contributed by atoms with Crippen LogP contribution in [0.3, 0.4) is 0 Å². The van der Waals surface area contributed by atoms with Gasteiger partial charge in [0.1, 0.15) is 6.61 Å². The monoisotopic (exact) mass is 300 g/mol. The number of nitro groups is 1. The zero-order valence-electron chi connectivity index (χ0n) is 11.5. The molecule has 22 heavy (non-hydrogen) atoms. The summed E-state index contributed by atoms with van der Waals surface area (Å²) in [5, 5.41) is 14.9. The first-order valence-electron chi connectivity index (χ1n) is 6.51. The van der Waals surface area contributed by atoms with Gasteiger partial charge in [-0.3, -0.25) is 10.1 Å². The first-order valence-corrected chi connectivity index (χ1v) is 6.51. The third kappa shape index (κ3) is 2.98. The third-order valence-electron chi connectivity index (χ3n) is 3.06. The minimum atomic E-state index is -0.499. The van der Waals surface area contributed by atoms with Gasteiger partial charge in [0.25, 0.3) is 5.69 Å². The van der Waals surface area contributed by atoms with Crippen molar-refractivity contribution in [2.45, 2.75) is 6.61 Å². The Labute approximate surface area is 125 Å². The lowest BCUT2D eigenvalue weighted by molar-refractivity contribution is -0.385. The number of benzene rings is 2.